The van der Waals surface area contributed by atoms with E-state index in [0.29, 0.717) is 0 Å². The molecule has 1 unspecified atom stereocenters. The van der Waals surface area contributed by atoms with Crippen molar-refractivity contribution < 1.29 is 42.5 Å². The van der Waals surface area contributed by atoms with Gasteiger partial charge in [-0.15, -0.1) is 0 Å². The molecule has 1 heterocycles. The van der Waals surface area contributed by atoms with Crippen LogP contribution in [0.1, 0.15) is 32.3 Å². The number of carboxylic acids is 2. The number of aliphatic carboxylic acids is 2. The molecule has 0 spiro atoms. The average Bonchev–Trinajstić information content (AvgIpc) is 2.60. The van der Waals surface area contributed by atoms with E-state index in [4.69, 9.17) is 16.3 Å². The minimum absolute atomic E-state index is 0.00269. The molecule has 2 rings (SSSR count). The Labute approximate surface area is 180 Å². The third-order valence-electron chi connectivity index (χ3n) is 4.45. The molecule has 0 fully saturated rings. The molecule has 1 atom stereocenters. The fourth-order valence-electron chi connectivity index (χ4n) is 3.34. The fourth-order valence-corrected chi connectivity index (χ4v) is 3.59. The molecule has 0 aromatic heterocycles. The number of ether oxygens (including phenoxy) is 1. The first kappa shape index (κ1) is 24.3. The van der Waals surface area contributed by atoms with Crippen LogP contribution >= 0.6 is 11.6 Å². The summed E-state index contributed by atoms with van der Waals surface area (Å²) in [5.74, 6) is -6.34. The zero-order valence-electron chi connectivity index (χ0n) is 16.7. The number of esters is 1. The molecule has 0 saturated carbocycles. The van der Waals surface area contributed by atoms with Gasteiger partial charge in [-0.05, 0) is 32.4 Å². The largest absolute Gasteiger partial charge is 0.478 e. The van der Waals surface area contributed by atoms with Crippen LogP contribution in [-0.4, -0.2) is 51.8 Å². The first-order chi connectivity index (χ1) is 14.3. The Balaban J connectivity index is 2.93. The first-order valence-electron chi connectivity index (χ1n) is 8.97. The number of hydrogen-bond acceptors (Lipinski definition) is 5. The maximum Gasteiger partial charge on any atom is 0.406 e. The molecule has 0 radical (unpaired) electrons. The second-order valence-electron chi connectivity index (χ2n) is 6.98. The molecule has 31 heavy (non-hydrogen) atoms. The van der Waals surface area contributed by atoms with Crippen LogP contribution in [0.4, 0.5) is 13.2 Å². The van der Waals surface area contributed by atoms with E-state index >= 15 is 0 Å². The quantitative estimate of drug-likeness (QED) is 0.618. The number of benzene rings is 1. The highest BCUT2D eigenvalue weighted by molar-refractivity contribution is 6.31. The summed E-state index contributed by atoms with van der Waals surface area (Å²) in [6.45, 7) is 2.30. The Bertz CT molecular complexity index is 983. The second kappa shape index (κ2) is 9.01. The van der Waals surface area contributed by atoms with Crippen molar-refractivity contribution in [3.05, 3.63) is 57.4 Å². The van der Waals surface area contributed by atoms with Gasteiger partial charge in [-0.2, -0.15) is 13.2 Å². The van der Waals surface area contributed by atoms with Gasteiger partial charge in [-0.3, -0.25) is 0 Å². The van der Waals surface area contributed by atoms with Crippen LogP contribution in [0.2, 0.25) is 5.02 Å². The van der Waals surface area contributed by atoms with E-state index in [2.05, 4.69) is 0 Å². The maximum atomic E-state index is 13.2. The van der Waals surface area contributed by atoms with Crippen molar-refractivity contribution in [2.75, 3.05) is 6.54 Å². The third kappa shape index (κ3) is 5.19. The molecule has 1 aromatic rings. The number of nitrogens with zero attached hydrogens (tertiary/aromatic N) is 1. The number of alkyl halides is 3. The molecule has 11 heteroatoms. The SMILES string of the molecule is CC1=C(C(=O)OC(C)C)C(c2ccccc2Cl)C(C(=O)O)=C(C(=O)O)N1CC(F)(F)F. The lowest BCUT2D eigenvalue weighted by Gasteiger charge is -2.37. The lowest BCUT2D eigenvalue weighted by atomic mass is 9.79. The molecular weight excluding hydrogens is 443 g/mol. The molecule has 0 amide bonds. The third-order valence-corrected chi connectivity index (χ3v) is 4.79. The monoisotopic (exact) mass is 461 g/mol. The van der Waals surface area contributed by atoms with Gasteiger partial charge in [0.25, 0.3) is 0 Å². The topological polar surface area (TPSA) is 104 Å². The van der Waals surface area contributed by atoms with Crippen molar-refractivity contribution in [1.82, 2.24) is 4.90 Å². The summed E-state index contributed by atoms with van der Waals surface area (Å²) in [5.41, 5.74) is -2.81. The number of carbonyl (C=O) groups is 3. The van der Waals surface area contributed by atoms with E-state index in [0.717, 1.165) is 6.92 Å². The molecule has 0 bridgehead atoms. The first-order valence-corrected chi connectivity index (χ1v) is 9.35. The number of allylic oxidation sites excluding steroid dienone is 1. The van der Waals surface area contributed by atoms with Gasteiger partial charge in [0, 0.05) is 10.7 Å². The number of carboxylic acid groups (broad SMARTS) is 2. The molecule has 1 aromatic carbocycles. The Morgan fingerprint density at radius 3 is 2.16 bits per heavy atom. The van der Waals surface area contributed by atoms with Gasteiger partial charge in [0.15, 0.2) is 0 Å². The summed E-state index contributed by atoms with van der Waals surface area (Å²) in [5, 5.41) is 19.5. The van der Waals surface area contributed by atoms with E-state index in [-0.39, 0.29) is 15.5 Å². The molecule has 168 valence electrons. The van der Waals surface area contributed by atoms with Crippen LogP contribution in [0.5, 0.6) is 0 Å². The van der Waals surface area contributed by atoms with E-state index in [9.17, 15) is 37.8 Å². The van der Waals surface area contributed by atoms with Gasteiger partial charge in [0.05, 0.1) is 23.2 Å². The van der Waals surface area contributed by atoms with Gasteiger partial charge in [0.1, 0.15) is 12.2 Å². The lowest BCUT2D eigenvalue weighted by Crippen LogP contribution is -2.42. The molecule has 0 saturated heterocycles. The Hall–Kier alpha value is -3.01. The second-order valence-corrected chi connectivity index (χ2v) is 7.39. The zero-order chi connectivity index (χ0) is 23.7. The Morgan fingerprint density at radius 1 is 1.13 bits per heavy atom. The zero-order valence-corrected chi connectivity index (χ0v) is 17.4. The predicted molar refractivity (Wildman–Crippen MR) is 103 cm³/mol. The van der Waals surface area contributed by atoms with E-state index in [1.165, 1.54) is 38.1 Å². The van der Waals surface area contributed by atoms with E-state index < -0.39 is 65.2 Å². The van der Waals surface area contributed by atoms with Crippen molar-refractivity contribution in [1.29, 1.82) is 0 Å². The molecule has 2 N–H and O–H groups in total. The van der Waals surface area contributed by atoms with Crippen LogP contribution in [0.25, 0.3) is 0 Å². The van der Waals surface area contributed by atoms with Crippen LogP contribution in [-0.2, 0) is 19.1 Å². The van der Waals surface area contributed by atoms with Gasteiger partial charge in [-0.1, -0.05) is 29.8 Å². The van der Waals surface area contributed by atoms with Crippen LogP contribution < -0.4 is 0 Å². The summed E-state index contributed by atoms with van der Waals surface area (Å²) in [7, 11) is 0. The van der Waals surface area contributed by atoms with E-state index in [1.54, 1.807) is 0 Å². The molecular formula is C20H19ClF3NO6. The number of rotatable bonds is 6. The number of halogens is 4. The fraction of sp³-hybridized carbons (Fsp3) is 0.350. The number of hydrogen-bond donors (Lipinski definition) is 2. The minimum atomic E-state index is -4.89. The standard InChI is InChI=1S/C20H19ClF3NO6/c1-9(2)31-19(30)13-10(3)25(8-20(22,23)24)16(18(28)29)15(17(26)27)14(13)11-6-4-5-7-12(11)21/h4-7,9,14H,8H2,1-3H3,(H,26,27)(H,28,29). The van der Waals surface area contributed by atoms with Gasteiger partial charge in [-0.25, -0.2) is 14.4 Å². The maximum absolute atomic E-state index is 13.2. The number of carbonyl (C=O) groups excluding carboxylic acids is 1. The summed E-state index contributed by atoms with van der Waals surface area (Å²) in [6, 6.07) is 5.75. The van der Waals surface area contributed by atoms with Crippen molar-refractivity contribution in [3.63, 3.8) is 0 Å². The van der Waals surface area contributed by atoms with Crippen molar-refractivity contribution in [2.45, 2.75) is 39.0 Å². The lowest BCUT2D eigenvalue weighted by molar-refractivity contribution is -0.149. The predicted octanol–water partition coefficient (Wildman–Crippen LogP) is 3.95. The van der Waals surface area contributed by atoms with Gasteiger partial charge >= 0.3 is 24.1 Å². The minimum Gasteiger partial charge on any atom is -0.478 e. The Morgan fingerprint density at radius 2 is 1.71 bits per heavy atom. The summed E-state index contributed by atoms with van der Waals surface area (Å²) < 4.78 is 44.9. The van der Waals surface area contributed by atoms with Gasteiger partial charge < -0.3 is 19.8 Å². The summed E-state index contributed by atoms with van der Waals surface area (Å²) >= 11 is 6.19. The molecule has 7 nitrogen and oxygen atoms in total. The van der Waals surface area contributed by atoms with Crippen LogP contribution in [0, 0.1) is 0 Å². The van der Waals surface area contributed by atoms with Crippen LogP contribution in [0.3, 0.4) is 0 Å². The summed E-state index contributed by atoms with van der Waals surface area (Å²) in [6.07, 6.45) is -5.57. The summed E-state index contributed by atoms with van der Waals surface area (Å²) in [4.78, 5) is 37.2. The van der Waals surface area contributed by atoms with Gasteiger partial charge in [0.2, 0.25) is 0 Å². The van der Waals surface area contributed by atoms with Crippen molar-refractivity contribution >= 4 is 29.5 Å². The normalized spacial score (nSPS) is 17.3. The average molecular weight is 462 g/mol. The van der Waals surface area contributed by atoms with Crippen molar-refractivity contribution in [2.24, 2.45) is 0 Å². The van der Waals surface area contributed by atoms with E-state index in [1.807, 2.05) is 0 Å². The molecule has 1 aliphatic heterocycles. The Kier molecular flexibility index (Phi) is 7.05. The molecule has 1 aliphatic rings. The highest BCUT2D eigenvalue weighted by Crippen LogP contribution is 2.45. The highest BCUT2D eigenvalue weighted by Gasteiger charge is 2.46. The smallest absolute Gasteiger partial charge is 0.406 e. The highest BCUT2D eigenvalue weighted by atomic mass is 35.5. The molecule has 0 aliphatic carbocycles. The van der Waals surface area contributed by atoms with Crippen LogP contribution in [0.15, 0.2) is 46.8 Å². The van der Waals surface area contributed by atoms with Crippen molar-refractivity contribution in [3.8, 4) is 0 Å².